The molecule has 1 atom stereocenters. The summed E-state index contributed by atoms with van der Waals surface area (Å²) in [7, 11) is 0. The van der Waals surface area contributed by atoms with Gasteiger partial charge in [-0.1, -0.05) is 0 Å². The van der Waals surface area contributed by atoms with Crippen molar-refractivity contribution in [3.05, 3.63) is 21.4 Å². The third kappa shape index (κ3) is 3.33. The Labute approximate surface area is 113 Å². The summed E-state index contributed by atoms with van der Waals surface area (Å²) in [4.78, 5) is 16.6. The number of likely N-dealkylation sites (tertiary alicyclic amines) is 1. The fraction of sp³-hybridized carbons (Fsp3) is 0.643. The molecule has 0 aliphatic carbocycles. The average Bonchev–Trinajstić information content (AvgIpc) is 2.86. The van der Waals surface area contributed by atoms with E-state index in [4.69, 9.17) is 5.73 Å². The molecule has 1 saturated heterocycles. The summed E-state index contributed by atoms with van der Waals surface area (Å²) in [5.74, 6) is 0.271. The summed E-state index contributed by atoms with van der Waals surface area (Å²) in [6.45, 7) is 5.89. The Kier molecular flexibility index (Phi) is 4.40. The number of hydrogen-bond acceptors (Lipinski definition) is 3. The van der Waals surface area contributed by atoms with Crippen molar-refractivity contribution in [2.45, 2.75) is 45.6 Å². The largest absolute Gasteiger partial charge is 0.341 e. The van der Waals surface area contributed by atoms with Gasteiger partial charge in [-0.2, -0.15) is 0 Å². The molecule has 0 radical (unpaired) electrons. The number of carbonyl (C=O) groups is 1. The molecule has 0 unspecified atom stereocenters. The minimum Gasteiger partial charge on any atom is -0.341 e. The lowest BCUT2D eigenvalue weighted by Crippen LogP contribution is -2.31. The number of aryl methyl sites for hydroxylation is 3. The summed E-state index contributed by atoms with van der Waals surface area (Å²) in [6.07, 6.45) is 3.57. The fourth-order valence-electron chi connectivity index (χ4n) is 2.53. The number of carbonyl (C=O) groups excluding carboxylic acids is 1. The lowest BCUT2D eigenvalue weighted by molar-refractivity contribution is -0.130. The number of amides is 1. The van der Waals surface area contributed by atoms with Gasteiger partial charge in [0.25, 0.3) is 0 Å². The van der Waals surface area contributed by atoms with Crippen molar-refractivity contribution in [2.24, 2.45) is 5.73 Å². The molecule has 2 N–H and O–H groups in total. The van der Waals surface area contributed by atoms with Crippen molar-refractivity contribution in [3.8, 4) is 0 Å². The first kappa shape index (κ1) is 13.6. The lowest BCUT2D eigenvalue weighted by atomic mass is 10.1. The standard InChI is InChI=1S/C14H22N2OS/c1-10-8-12(11(2)18-10)4-3-5-14(17)16-7-6-13(15)9-16/h8,13H,3-7,9,15H2,1-2H3/t13-/m1/s1. The quantitative estimate of drug-likeness (QED) is 0.908. The van der Waals surface area contributed by atoms with Crippen LogP contribution in [-0.4, -0.2) is 29.9 Å². The maximum Gasteiger partial charge on any atom is 0.222 e. The zero-order valence-electron chi connectivity index (χ0n) is 11.2. The molecule has 2 heterocycles. The van der Waals surface area contributed by atoms with E-state index < -0.39 is 0 Å². The molecule has 0 saturated carbocycles. The molecule has 18 heavy (non-hydrogen) atoms. The summed E-state index contributed by atoms with van der Waals surface area (Å²) in [6, 6.07) is 2.44. The molecular formula is C14H22N2OS. The molecule has 1 amide bonds. The molecule has 1 aliphatic rings. The second-order valence-electron chi connectivity index (χ2n) is 5.18. The van der Waals surface area contributed by atoms with Crippen LogP contribution in [0.15, 0.2) is 6.07 Å². The van der Waals surface area contributed by atoms with Crippen molar-refractivity contribution >= 4 is 17.2 Å². The van der Waals surface area contributed by atoms with E-state index in [0.717, 1.165) is 32.4 Å². The number of nitrogens with zero attached hydrogens (tertiary/aromatic N) is 1. The zero-order valence-corrected chi connectivity index (χ0v) is 12.1. The predicted molar refractivity (Wildman–Crippen MR) is 75.9 cm³/mol. The average molecular weight is 266 g/mol. The van der Waals surface area contributed by atoms with Crippen LogP contribution in [0.5, 0.6) is 0 Å². The highest BCUT2D eigenvalue weighted by Gasteiger charge is 2.22. The van der Waals surface area contributed by atoms with Crippen molar-refractivity contribution in [1.29, 1.82) is 0 Å². The molecule has 1 aromatic heterocycles. The Balaban J connectivity index is 1.75. The summed E-state index contributed by atoms with van der Waals surface area (Å²) in [5.41, 5.74) is 7.22. The third-order valence-electron chi connectivity index (χ3n) is 3.56. The Hall–Kier alpha value is -0.870. The van der Waals surface area contributed by atoms with Crippen LogP contribution < -0.4 is 5.73 Å². The van der Waals surface area contributed by atoms with Gasteiger partial charge in [-0.05, 0) is 44.7 Å². The van der Waals surface area contributed by atoms with Crippen LogP contribution in [0.2, 0.25) is 0 Å². The topological polar surface area (TPSA) is 46.3 Å². The van der Waals surface area contributed by atoms with E-state index in [-0.39, 0.29) is 11.9 Å². The predicted octanol–water partition coefficient (Wildman–Crippen LogP) is 2.25. The maximum atomic E-state index is 11.9. The van der Waals surface area contributed by atoms with Crippen LogP contribution in [0.25, 0.3) is 0 Å². The molecule has 0 spiro atoms. The van der Waals surface area contributed by atoms with E-state index in [1.54, 1.807) is 0 Å². The van der Waals surface area contributed by atoms with Crippen molar-refractivity contribution in [2.75, 3.05) is 13.1 Å². The second-order valence-corrected chi connectivity index (χ2v) is 6.64. The van der Waals surface area contributed by atoms with Gasteiger partial charge >= 0.3 is 0 Å². The van der Waals surface area contributed by atoms with Crippen LogP contribution in [0.3, 0.4) is 0 Å². The van der Waals surface area contributed by atoms with E-state index in [9.17, 15) is 4.79 Å². The first-order valence-corrected chi connectivity index (χ1v) is 7.47. The van der Waals surface area contributed by atoms with Gasteiger partial charge in [-0.3, -0.25) is 4.79 Å². The number of hydrogen-bond donors (Lipinski definition) is 1. The number of thiophene rings is 1. The van der Waals surface area contributed by atoms with Gasteiger partial charge in [-0.15, -0.1) is 11.3 Å². The molecule has 1 aliphatic heterocycles. The molecule has 100 valence electrons. The summed E-state index contributed by atoms with van der Waals surface area (Å²) in [5, 5.41) is 0. The van der Waals surface area contributed by atoms with Crippen LogP contribution in [0, 0.1) is 13.8 Å². The van der Waals surface area contributed by atoms with Gasteiger partial charge in [0.2, 0.25) is 5.91 Å². The maximum absolute atomic E-state index is 11.9. The van der Waals surface area contributed by atoms with Gasteiger partial charge in [0.1, 0.15) is 0 Å². The Morgan fingerprint density at radius 3 is 2.89 bits per heavy atom. The van der Waals surface area contributed by atoms with Gasteiger partial charge in [0.05, 0.1) is 0 Å². The highest BCUT2D eigenvalue weighted by molar-refractivity contribution is 7.12. The molecule has 1 aromatic rings. The van der Waals surface area contributed by atoms with Gasteiger partial charge < -0.3 is 10.6 Å². The number of nitrogens with two attached hydrogens (primary N) is 1. The SMILES string of the molecule is Cc1cc(CCCC(=O)N2CC[C@@H](N)C2)c(C)s1. The molecule has 1 fully saturated rings. The van der Waals surface area contributed by atoms with E-state index in [1.807, 2.05) is 16.2 Å². The Morgan fingerprint density at radius 1 is 1.56 bits per heavy atom. The van der Waals surface area contributed by atoms with Crippen molar-refractivity contribution < 1.29 is 4.79 Å². The zero-order chi connectivity index (χ0) is 13.1. The molecule has 0 bridgehead atoms. The van der Waals surface area contributed by atoms with E-state index >= 15 is 0 Å². The third-order valence-corrected chi connectivity index (χ3v) is 4.57. The fourth-order valence-corrected chi connectivity index (χ4v) is 3.51. The lowest BCUT2D eigenvalue weighted by Gasteiger charge is -2.15. The normalized spacial score (nSPS) is 19.5. The van der Waals surface area contributed by atoms with E-state index in [0.29, 0.717) is 6.42 Å². The molecule has 4 heteroatoms. The van der Waals surface area contributed by atoms with Gasteiger partial charge in [0.15, 0.2) is 0 Å². The van der Waals surface area contributed by atoms with Gasteiger partial charge in [0, 0.05) is 35.3 Å². The first-order valence-electron chi connectivity index (χ1n) is 6.65. The minimum absolute atomic E-state index is 0.190. The second kappa shape index (κ2) is 5.85. The highest BCUT2D eigenvalue weighted by atomic mass is 32.1. The van der Waals surface area contributed by atoms with Crippen molar-refractivity contribution in [3.63, 3.8) is 0 Å². The van der Waals surface area contributed by atoms with Crippen molar-refractivity contribution in [1.82, 2.24) is 4.90 Å². The monoisotopic (exact) mass is 266 g/mol. The first-order chi connectivity index (χ1) is 8.56. The molecule has 0 aromatic carbocycles. The minimum atomic E-state index is 0.190. The van der Waals surface area contributed by atoms with Crippen LogP contribution in [0.1, 0.15) is 34.6 Å². The van der Waals surface area contributed by atoms with Crippen LogP contribution in [0.4, 0.5) is 0 Å². The number of rotatable bonds is 4. The van der Waals surface area contributed by atoms with Crippen LogP contribution >= 0.6 is 11.3 Å². The highest BCUT2D eigenvalue weighted by Crippen LogP contribution is 2.22. The van der Waals surface area contributed by atoms with Gasteiger partial charge in [-0.25, -0.2) is 0 Å². The Morgan fingerprint density at radius 2 is 2.33 bits per heavy atom. The molecular weight excluding hydrogens is 244 g/mol. The summed E-state index contributed by atoms with van der Waals surface area (Å²) < 4.78 is 0. The van der Waals surface area contributed by atoms with E-state index in [1.165, 1.54) is 15.3 Å². The molecule has 2 rings (SSSR count). The molecule has 3 nitrogen and oxygen atoms in total. The smallest absolute Gasteiger partial charge is 0.222 e. The summed E-state index contributed by atoms with van der Waals surface area (Å²) >= 11 is 1.84. The van der Waals surface area contributed by atoms with Crippen LogP contribution in [-0.2, 0) is 11.2 Å². The Bertz CT molecular complexity index is 427. The van der Waals surface area contributed by atoms with E-state index in [2.05, 4.69) is 19.9 Å².